The van der Waals surface area contributed by atoms with Crippen LogP contribution in [0.5, 0.6) is 0 Å². The van der Waals surface area contributed by atoms with E-state index in [4.69, 9.17) is 4.42 Å². The molecular weight excluding hydrogens is 278 g/mol. The van der Waals surface area contributed by atoms with Crippen molar-refractivity contribution in [2.45, 2.75) is 6.92 Å². The molecule has 0 radical (unpaired) electrons. The number of benzene rings is 1. The summed E-state index contributed by atoms with van der Waals surface area (Å²) in [5.74, 6) is -1.54. The number of rotatable bonds is 4. The van der Waals surface area contributed by atoms with Crippen LogP contribution in [0.1, 0.15) is 17.5 Å². The number of carbonyl (C=O) groups is 2. The molecular formula is C13H11N3O5. The third kappa shape index (κ3) is 3.66. The Morgan fingerprint density at radius 3 is 2.38 bits per heavy atom. The summed E-state index contributed by atoms with van der Waals surface area (Å²) in [4.78, 5) is 32.6. The van der Waals surface area contributed by atoms with Crippen LogP contribution in [-0.4, -0.2) is 16.7 Å². The van der Waals surface area contributed by atoms with Gasteiger partial charge in [-0.15, -0.1) is 0 Å². The van der Waals surface area contributed by atoms with Crippen LogP contribution in [-0.2, 0) is 4.79 Å². The molecule has 2 rings (SSSR count). The van der Waals surface area contributed by atoms with E-state index in [2.05, 4.69) is 10.6 Å². The van der Waals surface area contributed by atoms with Gasteiger partial charge in [0.1, 0.15) is 4.92 Å². The minimum atomic E-state index is -0.728. The van der Waals surface area contributed by atoms with Gasteiger partial charge >= 0.3 is 5.88 Å². The second-order valence-corrected chi connectivity index (χ2v) is 4.11. The summed E-state index contributed by atoms with van der Waals surface area (Å²) in [7, 11) is 0. The molecule has 0 atom stereocenters. The summed E-state index contributed by atoms with van der Waals surface area (Å²) < 4.78 is 4.79. The molecule has 0 saturated carbocycles. The van der Waals surface area contributed by atoms with E-state index in [9.17, 15) is 19.7 Å². The predicted octanol–water partition coefficient (Wildman–Crippen LogP) is 2.40. The van der Waals surface area contributed by atoms with Crippen LogP contribution in [0, 0.1) is 10.1 Å². The zero-order valence-corrected chi connectivity index (χ0v) is 11.0. The second kappa shape index (κ2) is 5.87. The highest BCUT2D eigenvalue weighted by Crippen LogP contribution is 2.19. The van der Waals surface area contributed by atoms with E-state index in [1.54, 1.807) is 24.3 Å². The van der Waals surface area contributed by atoms with E-state index >= 15 is 0 Å². The zero-order valence-electron chi connectivity index (χ0n) is 11.0. The van der Waals surface area contributed by atoms with Crippen molar-refractivity contribution >= 4 is 29.1 Å². The third-order valence-corrected chi connectivity index (χ3v) is 2.44. The predicted molar refractivity (Wildman–Crippen MR) is 74.1 cm³/mol. The van der Waals surface area contributed by atoms with Crippen LogP contribution < -0.4 is 10.6 Å². The molecule has 2 N–H and O–H groups in total. The summed E-state index contributed by atoms with van der Waals surface area (Å²) in [6.45, 7) is 1.37. The molecule has 0 aliphatic carbocycles. The van der Waals surface area contributed by atoms with E-state index in [1.165, 1.54) is 13.0 Å². The SMILES string of the molecule is CC(=O)Nc1cccc(NC(=O)c2ccc([N+](=O)[O-])o2)c1. The number of nitro groups is 1. The molecule has 0 fully saturated rings. The van der Waals surface area contributed by atoms with Crippen molar-refractivity contribution in [3.8, 4) is 0 Å². The standard InChI is InChI=1S/C13H11N3O5/c1-8(17)14-9-3-2-4-10(7-9)15-13(18)11-5-6-12(21-11)16(19)20/h2-7H,1H3,(H,14,17)(H,15,18). The van der Waals surface area contributed by atoms with Gasteiger partial charge in [-0.2, -0.15) is 0 Å². The molecule has 1 aromatic carbocycles. The molecule has 8 heteroatoms. The number of hydrogen-bond donors (Lipinski definition) is 2. The third-order valence-electron chi connectivity index (χ3n) is 2.44. The lowest BCUT2D eigenvalue weighted by atomic mass is 10.2. The maximum absolute atomic E-state index is 11.9. The Labute approximate surface area is 118 Å². The maximum atomic E-state index is 11.9. The second-order valence-electron chi connectivity index (χ2n) is 4.11. The largest absolute Gasteiger partial charge is 0.433 e. The number of nitrogens with one attached hydrogen (secondary N) is 2. The molecule has 21 heavy (non-hydrogen) atoms. The molecule has 0 aliphatic rings. The van der Waals surface area contributed by atoms with Crippen LogP contribution >= 0.6 is 0 Å². The van der Waals surface area contributed by atoms with Crippen molar-refractivity contribution in [1.29, 1.82) is 0 Å². The van der Waals surface area contributed by atoms with Crippen molar-refractivity contribution < 1.29 is 18.9 Å². The normalized spacial score (nSPS) is 9.95. The number of hydrogen-bond acceptors (Lipinski definition) is 5. The molecule has 0 aliphatic heterocycles. The molecule has 1 heterocycles. The van der Waals surface area contributed by atoms with Crippen LogP contribution in [0.3, 0.4) is 0 Å². The smallest absolute Gasteiger partial charge is 0.395 e. The van der Waals surface area contributed by atoms with Crippen molar-refractivity contribution in [3.05, 3.63) is 52.3 Å². The molecule has 2 amide bonds. The Kier molecular flexibility index (Phi) is 3.98. The van der Waals surface area contributed by atoms with Crippen molar-refractivity contribution in [2.24, 2.45) is 0 Å². The highest BCUT2D eigenvalue weighted by atomic mass is 16.6. The van der Waals surface area contributed by atoms with Gasteiger partial charge in [-0.1, -0.05) is 6.07 Å². The van der Waals surface area contributed by atoms with Gasteiger partial charge in [-0.25, -0.2) is 0 Å². The van der Waals surface area contributed by atoms with E-state index in [0.29, 0.717) is 11.4 Å². The van der Waals surface area contributed by atoms with Crippen molar-refractivity contribution in [1.82, 2.24) is 0 Å². The average Bonchev–Trinajstić information content (AvgIpc) is 2.88. The highest BCUT2D eigenvalue weighted by Gasteiger charge is 2.17. The lowest BCUT2D eigenvalue weighted by Crippen LogP contribution is -2.11. The quantitative estimate of drug-likeness (QED) is 0.662. The fourth-order valence-corrected chi connectivity index (χ4v) is 1.62. The Balaban J connectivity index is 2.11. The minimum absolute atomic E-state index is 0.174. The summed E-state index contributed by atoms with van der Waals surface area (Å²) in [6.07, 6.45) is 0. The van der Waals surface area contributed by atoms with E-state index < -0.39 is 16.7 Å². The molecule has 0 unspecified atom stereocenters. The molecule has 8 nitrogen and oxygen atoms in total. The monoisotopic (exact) mass is 289 g/mol. The van der Waals surface area contributed by atoms with Crippen LogP contribution in [0.25, 0.3) is 0 Å². The number of anilines is 2. The number of nitrogens with zero attached hydrogens (tertiary/aromatic N) is 1. The Hall–Kier alpha value is -3.16. The molecule has 0 saturated heterocycles. The first-order valence-corrected chi connectivity index (χ1v) is 5.89. The van der Waals surface area contributed by atoms with Gasteiger partial charge < -0.3 is 15.1 Å². The summed E-state index contributed by atoms with van der Waals surface area (Å²) in [5, 5.41) is 15.6. The van der Waals surface area contributed by atoms with E-state index in [0.717, 1.165) is 6.07 Å². The van der Waals surface area contributed by atoms with Crippen molar-refractivity contribution in [2.75, 3.05) is 10.6 Å². The number of furan rings is 1. The fraction of sp³-hybridized carbons (Fsp3) is 0.0769. The summed E-state index contributed by atoms with van der Waals surface area (Å²) >= 11 is 0. The van der Waals surface area contributed by atoms with Gasteiger partial charge in [0, 0.05) is 18.3 Å². The van der Waals surface area contributed by atoms with Gasteiger partial charge in [0.15, 0.2) is 5.76 Å². The summed E-state index contributed by atoms with van der Waals surface area (Å²) in [6, 6.07) is 8.78. The van der Waals surface area contributed by atoms with Gasteiger partial charge in [0.05, 0.1) is 6.07 Å². The summed E-state index contributed by atoms with van der Waals surface area (Å²) in [5.41, 5.74) is 0.941. The molecule has 108 valence electrons. The van der Waals surface area contributed by atoms with Crippen LogP contribution in [0.4, 0.5) is 17.3 Å². The molecule has 2 aromatic rings. The van der Waals surface area contributed by atoms with Crippen LogP contribution in [0.15, 0.2) is 40.8 Å². The first kappa shape index (κ1) is 14.3. The Morgan fingerprint density at radius 2 is 1.81 bits per heavy atom. The maximum Gasteiger partial charge on any atom is 0.433 e. The minimum Gasteiger partial charge on any atom is -0.395 e. The van der Waals surface area contributed by atoms with Gasteiger partial charge in [0.2, 0.25) is 5.91 Å². The van der Waals surface area contributed by atoms with E-state index in [-0.39, 0.29) is 11.7 Å². The zero-order chi connectivity index (χ0) is 15.4. The molecule has 0 spiro atoms. The first-order valence-electron chi connectivity index (χ1n) is 5.89. The van der Waals surface area contributed by atoms with Crippen LogP contribution in [0.2, 0.25) is 0 Å². The Morgan fingerprint density at radius 1 is 1.14 bits per heavy atom. The average molecular weight is 289 g/mol. The van der Waals surface area contributed by atoms with Crippen molar-refractivity contribution in [3.63, 3.8) is 0 Å². The van der Waals surface area contributed by atoms with E-state index in [1.807, 2.05) is 0 Å². The fourth-order valence-electron chi connectivity index (χ4n) is 1.62. The number of amides is 2. The lowest BCUT2D eigenvalue weighted by Gasteiger charge is -2.06. The highest BCUT2D eigenvalue weighted by molar-refractivity contribution is 6.02. The molecule has 1 aromatic heterocycles. The molecule has 0 bridgehead atoms. The first-order chi connectivity index (χ1) is 9.95. The Bertz CT molecular complexity index is 707. The van der Waals surface area contributed by atoms with Gasteiger partial charge in [-0.05, 0) is 24.3 Å². The lowest BCUT2D eigenvalue weighted by molar-refractivity contribution is -0.402. The number of carbonyl (C=O) groups excluding carboxylic acids is 2. The van der Waals surface area contributed by atoms with Gasteiger partial charge in [-0.3, -0.25) is 19.7 Å². The topological polar surface area (TPSA) is 114 Å². The van der Waals surface area contributed by atoms with Gasteiger partial charge in [0.25, 0.3) is 5.91 Å².